The first-order valence-corrected chi connectivity index (χ1v) is 7.77. The van der Waals surface area contributed by atoms with E-state index in [4.69, 9.17) is 4.74 Å². The van der Waals surface area contributed by atoms with Crippen LogP contribution < -0.4 is 9.64 Å². The number of hydrogen-bond acceptors (Lipinski definition) is 4. The summed E-state index contributed by atoms with van der Waals surface area (Å²) >= 11 is 0. The van der Waals surface area contributed by atoms with Crippen molar-refractivity contribution in [3.05, 3.63) is 59.7 Å². The average molecular weight is 314 g/mol. The van der Waals surface area contributed by atoms with Gasteiger partial charge in [-0.25, -0.2) is 0 Å². The molecule has 124 valence electrons. The van der Waals surface area contributed by atoms with Crippen molar-refractivity contribution >= 4 is 5.69 Å². The second-order valence-electron chi connectivity index (χ2n) is 5.91. The monoisotopic (exact) mass is 314 g/mol. The Hall–Kier alpha value is -2.04. The molecule has 0 radical (unpaired) electrons. The van der Waals surface area contributed by atoms with Crippen LogP contribution in [0.25, 0.3) is 0 Å². The maximum absolute atomic E-state index is 9.85. The Kier molecular flexibility index (Phi) is 6.02. The molecule has 23 heavy (non-hydrogen) atoms. The average Bonchev–Trinajstić information content (AvgIpc) is 2.56. The number of para-hydroxylation sites is 1. The summed E-state index contributed by atoms with van der Waals surface area (Å²) in [6.07, 6.45) is 0. The van der Waals surface area contributed by atoms with Gasteiger partial charge in [-0.05, 0) is 36.4 Å². The van der Waals surface area contributed by atoms with E-state index in [0.717, 1.165) is 17.9 Å². The molecule has 0 spiro atoms. The Bertz CT molecular complexity index is 611. The van der Waals surface area contributed by atoms with Crippen LogP contribution in [0.5, 0.6) is 5.75 Å². The standard InChI is InChI=1S/C19H26N2O2/c1-20(2)18-8-6-5-7-16(18)13-21(3)19(14-22)15-9-11-17(23-4)12-10-15/h5-12,19,22H,13-14H2,1-4H3. The molecule has 0 amide bonds. The maximum Gasteiger partial charge on any atom is 0.118 e. The molecule has 0 saturated heterocycles. The van der Waals surface area contributed by atoms with Gasteiger partial charge in [-0.1, -0.05) is 30.3 Å². The number of aliphatic hydroxyl groups is 1. The highest BCUT2D eigenvalue weighted by molar-refractivity contribution is 5.52. The van der Waals surface area contributed by atoms with Gasteiger partial charge >= 0.3 is 0 Å². The Morgan fingerprint density at radius 2 is 1.65 bits per heavy atom. The van der Waals surface area contributed by atoms with Crippen molar-refractivity contribution in [3.63, 3.8) is 0 Å². The number of aliphatic hydroxyl groups excluding tert-OH is 1. The predicted molar refractivity (Wildman–Crippen MR) is 95.1 cm³/mol. The lowest BCUT2D eigenvalue weighted by Crippen LogP contribution is -2.27. The van der Waals surface area contributed by atoms with E-state index < -0.39 is 0 Å². The molecule has 0 aliphatic heterocycles. The summed E-state index contributed by atoms with van der Waals surface area (Å²) < 4.78 is 5.20. The molecule has 0 aliphatic rings. The molecule has 2 aromatic carbocycles. The van der Waals surface area contributed by atoms with Crippen LogP contribution in [0, 0.1) is 0 Å². The molecule has 0 fully saturated rings. The van der Waals surface area contributed by atoms with Crippen molar-refractivity contribution < 1.29 is 9.84 Å². The van der Waals surface area contributed by atoms with E-state index in [1.54, 1.807) is 7.11 Å². The quantitative estimate of drug-likeness (QED) is 0.852. The SMILES string of the molecule is COc1ccc(C(CO)N(C)Cc2ccccc2N(C)C)cc1. The fourth-order valence-electron chi connectivity index (χ4n) is 2.79. The highest BCUT2D eigenvalue weighted by atomic mass is 16.5. The van der Waals surface area contributed by atoms with Crippen LogP contribution in [-0.2, 0) is 6.54 Å². The van der Waals surface area contributed by atoms with Gasteiger partial charge in [0.05, 0.1) is 19.8 Å². The van der Waals surface area contributed by atoms with E-state index in [9.17, 15) is 5.11 Å². The van der Waals surface area contributed by atoms with Crippen molar-refractivity contribution in [1.29, 1.82) is 0 Å². The molecule has 2 aromatic rings. The van der Waals surface area contributed by atoms with Crippen LogP contribution in [-0.4, -0.2) is 44.9 Å². The molecule has 1 atom stereocenters. The van der Waals surface area contributed by atoms with Gasteiger partial charge in [0.2, 0.25) is 0 Å². The summed E-state index contributed by atoms with van der Waals surface area (Å²) in [6.45, 7) is 0.846. The summed E-state index contributed by atoms with van der Waals surface area (Å²) in [4.78, 5) is 4.29. The lowest BCUT2D eigenvalue weighted by molar-refractivity contribution is 0.142. The largest absolute Gasteiger partial charge is 0.497 e. The summed E-state index contributed by atoms with van der Waals surface area (Å²) in [5, 5.41) is 9.85. The van der Waals surface area contributed by atoms with Gasteiger partial charge < -0.3 is 14.7 Å². The third-order valence-electron chi connectivity index (χ3n) is 4.10. The van der Waals surface area contributed by atoms with Gasteiger partial charge in [-0.3, -0.25) is 4.90 Å². The molecule has 1 unspecified atom stereocenters. The Morgan fingerprint density at radius 1 is 1.00 bits per heavy atom. The zero-order valence-corrected chi connectivity index (χ0v) is 14.4. The summed E-state index contributed by atoms with van der Waals surface area (Å²) in [5.74, 6) is 0.825. The van der Waals surface area contributed by atoms with Crippen LogP contribution >= 0.6 is 0 Å². The van der Waals surface area contributed by atoms with Crippen LogP contribution in [0.1, 0.15) is 17.2 Å². The molecule has 2 rings (SSSR count). The molecular weight excluding hydrogens is 288 g/mol. The highest BCUT2D eigenvalue weighted by Gasteiger charge is 2.18. The third kappa shape index (κ3) is 4.24. The number of ether oxygens (including phenoxy) is 1. The van der Waals surface area contributed by atoms with Crippen molar-refractivity contribution in [2.45, 2.75) is 12.6 Å². The van der Waals surface area contributed by atoms with E-state index >= 15 is 0 Å². The van der Waals surface area contributed by atoms with E-state index in [-0.39, 0.29) is 12.6 Å². The number of hydrogen-bond donors (Lipinski definition) is 1. The lowest BCUT2D eigenvalue weighted by Gasteiger charge is -2.28. The fraction of sp³-hybridized carbons (Fsp3) is 0.368. The maximum atomic E-state index is 9.85. The first-order valence-electron chi connectivity index (χ1n) is 7.77. The minimum absolute atomic E-state index is 0.0453. The van der Waals surface area contributed by atoms with E-state index in [0.29, 0.717) is 0 Å². The number of anilines is 1. The number of rotatable bonds is 7. The Labute approximate surface area is 138 Å². The minimum Gasteiger partial charge on any atom is -0.497 e. The first-order chi connectivity index (χ1) is 11.1. The summed E-state index contributed by atoms with van der Waals surface area (Å²) in [6, 6.07) is 16.2. The van der Waals surface area contributed by atoms with E-state index in [1.807, 2.05) is 51.5 Å². The first kappa shape index (κ1) is 17.3. The number of benzene rings is 2. The predicted octanol–water partition coefficient (Wildman–Crippen LogP) is 2.93. The van der Waals surface area contributed by atoms with Gasteiger partial charge in [-0.15, -0.1) is 0 Å². The van der Waals surface area contributed by atoms with Gasteiger partial charge in [0.15, 0.2) is 0 Å². The molecule has 0 saturated carbocycles. The van der Waals surface area contributed by atoms with Crippen LogP contribution in [0.4, 0.5) is 5.69 Å². The zero-order valence-electron chi connectivity index (χ0n) is 14.4. The Balaban J connectivity index is 2.18. The van der Waals surface area contributed by atoms with Crippen molar-refractivity contribution in [3.8, 4) is 5.75 Å². The smallest absolute Gasteiger partial charge is 0.118 e. The van der Waals surface area contributed by atoms with Crippen LogP contribution in [0.2, 0.25) is 0 Å². The highest BCUT2D eigenvalue weighted by Crippen LogP contribution is 2.26. The second kappa shape index (κ2) is 7.99. The molecule has 0 heterocycles. The normalized spacial score (nSPS) is 12.3. The topological polar surface area (TPSA) is 35.9 Å². The van der Waals surface area contributed by atoms with Crippen LogP contribution in [0.15, 0.2) is 48.5 Å². The number of nitrogens with zero attached hydrogens (tertiary/aromatic N) is 2. The van der Waals surface area contributed by atoms with Crippen molar-refractivity contribution in [2.75, 3.05) is 39.8 Å². The van der Waals surface area contributed by atoms with Gasteiger partial charge in [0.25, 0.3) is 0 Å². The zero-order chi connectivity index (χ0) is 16.8. The fourth-order valence-corrected chi connectivity index (χ4v) is 2.79. The molecule has 0 aliphatic carbocycles. The van der Waals surface area contributed by atoms with Gasteiger partial charge in [0.1, 0.15) is 5.75 Å². The summed E-state index contributed by atoms with van der Waals surface area (Å²) in [5.41, 5.74) is 3.52. The van der Waals surface area contributed by atoms with Gasteiger partial charge in [0, 0.05) is 26.3 Å². The molecule has 0 aromatic heterocycles. The molecule has 0 bridgehead atoms. The Morgan fingerprint density at radius 3 is 2.22 bits per heavy atom. The van der Waals surface area contributed by atoms with Crippen molar-refractivity contribution in [1.82, 2.24) is 4.90 Å². The van der Waals surface area contributed by atoms with Gasteiger partial charge in [-0.2, -0.15) is 0 Å². The van der Waals surface area contributed by atoms with Crippen molar-refractivity contribution in [2.24, 2.45) is 0 Å². The lowest BCUT2D eigenvalue weighted by atomic mass is 10.0. The second-order valence-corrected chi connectivity index (χ2v) is 5.91. The number of likely N-dealkylation sites (N-methyl/N-ethyl adjacent to an activating group) is 1. The molecular formula is C19H26N2O2. The molecule has 4 heteroatoms. The summed E-state index contributed by atoms with van der Waals surface area (Å²) in [7, 11) is 7.79. The van der Waals surface area contributed by atoms with E-state index in [1.165, 1.54) is 11.3 Å². The minimum atomic E-state index is -0.0453. The van der Waals surface area contributed by atoms with E-state index in [2.05, 4.69) is 28.0 Å². The number of methoxy groups -OCH3 is 1. The molecule has 4 nitrogen and oxygen atoms in total. The molecule has 1 N–H and O–H groups in total. The third-order valence-corrected chi connectivity index (χ3v) is 4.10. The van der Waals surface area contributed by atoms with Crippen LogP contribution in [0.3, 0.4) is 0 Å².